The van der Waals surface area contributed by atoms with Crippen molar-refractivity contribution in [2.45, 2.75) is 32.4 Å². The van der Waals surface area contributed by atoms with Crippen LogP contribution in [0.5, 0.6) is 0 Å². The summed E-state index contributed by atoms with van der Waals surface area (Å²) in [5, 5.41) is 6.39. The molecule has 1 aliphatic heterocycles. The van der Waals surface area contributed by atoms with Crippen molar-refractivity contribution in [3.8, 4) is 0 Å². The minimum atomic E-state index is -0.240. The molecule has 2 N–H and O–H groups in total. The van der Waals surface area contributed by atoms with Crippen LogP contribution < -0.4 is 15.5 Å². The number of anilines is 1. The summed E-state index contributed by atoms with van der Waals surface area (Å²) in [5.74, 6) is 0.172. The number of amides is 3. The molecule has 0 spiro atoms. The van der Waals surface area contributed by atoms with Crippen molar-refractivity contribution in [3.05, 3.63) is 64.7 Å². The van der Waals surface area contributed by atoms with Gasteiger partial charge in [-0.05, 0) is 48.7 Å². The van der Waals surface area contributed by atoms with E-state index in [-0.39, 0.29) is 18.0 Å². The monoisotopic (exact) mass is 371 g/mol. The molecular formula is C20H22ClN3O2. The molecule has 2 aromatic rings. The van der Waals surface area contributed by atoms with Crippen molar-refractivity contribution in [2.75, 3.05) is 11.4 Å². The van der Waals surface area contributed by atoms with Crippen LogP contribution >= 0.6 is 11.6 Å². The van der Waals surface area contributed by atoms with Crippen molar-refractivity contribution in [1.29, 1.82) is 0 Å². The highest BCUT2D eigenvalue weighted by atomic mass is 35.5. The average molecular weight is 372 g/mol. The molecule has 1 aliphatic rings. The number of urea groups is 1. The van der Waals surface area contributed by atoms with Crippen LogP contribution in [0.25, 0.3) is 0 Å². The van der Waals surface area contributed by atoms with E-state index in [9.17, 15) is 9.59 Å². The van der Waals surface area contributed by atoms with Gasteiger partial charge in [0.1, 0.15) is 0 Å². The van der Waals surface area contributed by atoms with Crippen LogP contribution in [-0.4, -0.2) is 18.5 Å². The first-order valence-electron chi connectivity index (χ1n) is 8.72. The van der Waals surface area contributed by atoms with Crippen LogP contribution in [0.4, 0.5) is 10.5 Å². The Kier molecular flexibility index (Phi) is 5.78. The summed E-state index contributed by atoms with van der Waals surface area (Å²) in [6.07, 6.45) is 1.53. The van der Waals surface area contributed by atoms with Gasteiger partial charge in [0.25, 0.3) is 0 Å². The third kappa shape index (κ3) is 4.55. The fraction of sp³-hybridized carbons (Fsp3) is 0.300. The first-order valence-corrected chi connectivity index (χ1v) is 9.10. The second-order valence-corrected chi connectivity index (χ2v) is 6.86. The Labute approximate surface area is 158 Å². The van der Waals surface area contributed by atoms with Gasteiger partial charge in [0.15, 0.2) is 0 Å². The summed E-state index contributed by atoms with van der Waals surface area (Å²) < 4.78 is 0. The Morgan fingerprint density at radius 3 is 2.65 bits per heavy atom. The molecule has 0 bridgehead atoms. The molecule has 2 aromatic carbocycles. The first-order chi connectivity index (χ1) is 12.5. The maximum absolute atomic E-state index is 12.1. The number of hydrogen-bond donors (Lipinski definition) is 2. The van der Waals surface area contributed by atoms with Crippen LogP contribution in [0.3, 0.4) is 0 Å². The van der Waals surface area contributed by atoms with E-state index in [1.807, 2.05) is 49.4 Å². The summed E-state index contributed by atoms with van der Waals surface area (Å²) in [6.45, 7) is 3.11. The van der Waals surface area contributed by atoms with Gasteiger partial charge in [0.2, 0.25) is 5.91 Å². The lowest BCUT2D eigenvalue weighted by Crippen LogP contribution is -2.36. The van der Waals surface area contributed by atoms with Gasteiger partial charge in [-0.1, -0.05) is 35.9 Å². The van der Waals surface area contributed by atoms with Crippen LogP contribution in [0.2, 0.25) is 5.02 Å². The summed E-state index contributed by atoms with van der Waals surface area (Å²) in [7, 11) is 0. The van der Waals surface area contributed by atoms with E-state index in [1.165, 1.54) is 0 Å². The number of nitrogens with one attached hydrogen (secondary N) is 2. The summed E-state index contributed by atoms with van der Waals surface area (Å²) in [5.41, 5.74) is 2.84. The average Bonchev–Trinajstić information content (AvgIpc) is 3.06. The quantitative estimate of drug-likeness (QED) is 0.833. The lowest BCUT2D eigenvalue weighted by molar-refractivity contribution is -0.117. The van der Waals surface area contributed by atoms with Gasteiger partial charge < -0.3 is 15.5 Å². The number of benzene rings is 2. The highest BCUT2D eigenvalue weighted by Crippen LogP contribution is 2.21. The molecule has 0 aromatic heterocycles. The smallest absolute Gasteiger partial charge is 0.315 e. The molecule has 6 heteroatoms. The molecule has 26 heavy (non-hydrogen) atoms. The Hall–Kier alpha value is -2.53. The lowest BCUT2D eigenvalue weighted by Gasteiger charge is -2.17. The van der Waals surface area contributed by atoms with Crippen molar-refractivity contribution in [3.63, 3.8) is 0 Å². The van der Waals surface area contributed by atoms with Crippen LogP contribution in [0.15, 0.2) is 48.5 Å². The molecule has 136 valence electrons. The van der Waals surface area contributed by atoms with E-state index >= 15 is 0 Å². The standard InChI is InChI=1S/C20H22ClN3O2/c1-14(16-4-2-5-17(21)12-16)23-20(26)22-13-15-7-9-18(10-8-15)24-11-3-6-19(24)25/h2,4-5,7-10,12,14H,3,6,11,13H2,1H3,(H2,22,23,26)/t14-/m0/s1. The molecule has 1 fully saturated rings. The number of nitrogens with zero attached hydrogens (tertiary/aromatic N) is 1. The van der Waals surface area contributed by atoms with Gasteiger partial charge in [0.05, 0.1) is 6.04 Å². The van der Waals surface area contributed by atoms with E-state index in [4.69, 9.17) is 11.6 Å². The predicted molar refractivity (Wildman–Crippen MR) is 103 cm³/mol. The molecule has 0 saturated carbocycles. The van der Waals surface area contributed by atoms with Crippen LogP contribution in [0, 0.1) is 0 Å². The molecule has 1 atom stereocenters. The summed E-state index contributed by atoms with van der Waals surface area (Å²) >= 11 is 5.98. The molecule has 5 nitrogen and oxygen atoms in total. The topological polar surface area (TPSA) is 61.4 Å². The first kappa shape index (κ1) is 18.3. The van der Waals surface area contributed by atoms with Crippen molar-refractivity contribution in [2.24, 2.45) is 0 Å². The molecule has 3 amide bonds. The van der Waals surface area contributed by atoms with Gasteiger partial charge in [0, 0.05) is 30.2 Å². The lowest BCUT2D eigenvalue weighted by atomic mass is 10.1. The van der Waals surface area contributed by atoms with Crippen molar-refractivity contribution in [1.82, 2.24) is 10.6 Å². The van der Waals surface area contributed by atoms with Gasteiger partial charge >= 0.3 is 6.03 Å². The predicted octanol–water partition coefficient (Wildman–Crippen LogP) is 4.03. The number of carbonyl (C=O) groups excluding carboxylic acids is 2. The second kappa shape index (κ2) is 8.23. The van der Waals surface area contributed by atoms with E-state index < -0.39 is 0 Å². The normalized spacial score (nSPS) is 15.0. The zero-order chi connectivity index (χ0) is 18.5. The number of halogens is 1. The van der Waals surface area contributed by atoms with Crippen LogP contribution in [-0.2, 0) is 11.3 Å². The van der Waals surface area contributed by atoms with E-state index in [0.717, 1.165) is 29.8 Å². The van der Waals surface area contributed by atoms with Crippen molar-refractivity contribution >= 4 is 29.2 Å². The maximum atomic E-state index is 12.1. The molecule has 0 aliphatic carbocycles. The van der Waals surface area contributed by atoms with Crippen LogP contribution in [0.1, 0.15) is 36.9 Å². The number of hydrogen-bond acceptors (Lipinski definition) is 2. The molecule has 1 heterocycles. The summed E-state index contributed by atoms with van der Waals surface area (Å²) in [4.78, 5) is 25.7. The molecule has 0 unspecified atom stereocenters. The SMILES string of the molecule is C[C@H](NC(=O)NCc1ccc(N2CCCC2=O)cc1)c1cccc(Cl)c1. The summed E-state index contributed by atoms with van der Waals surface area (Å²) in [6, 6.07) is 14.8. The molecular weight excluding hydrogens is 350 g/mol. The van der Waals surface area contributed by atoms with E-state index in [1.54, 1.807) is 11.0 Å². The Bertz CT molecular complexity index is 792. The minimum Gasteiger partial charge on any atom is -0.334 e. The fourth-order valence-corrected chi connectivity index (χ4v) is 3.20. The zero-order valence-electron chi connectivity index (χ0n) is 14.7. The molecule has 3 rings (SSSR count). The van der Waals surface area contributed by atoms with E-state index in [0.29, 0.717) is 18.0 Å². The van der Waals surface area contributed by atoms with Gasteiger partial charge in [-0.25, -0.2) is 4.79 Å². The third-order valence-electron chi connectivity index (χ3n) is 4.47. The maximum Gasteiger partial charge on any atom is 0.315 e. The minimum absolute atomic E-state index is 0.141. The number of rotatable bonds is 5. The molecule has 1 saturated heterocycles. The molecule has 0 radical (unpaired) electrons. The Balaban J connectivity index is 1.50. The fourth-order valence-electron chi connectivity index (χ4n) is 3.00. The Morgan fingerprint density at radius 2 is 2.00 bits per heavy atom. The largest absolute Gasteiger partial charge is 0.334 e. The zero-order valence-corrected chi connectivity index (χ0v) is 15.4. The Morgan fingerprint density at radius 1 is 1.23 bits per heavy atom. The second-order valence-electron chi connectivity index (χ2n) is 6.42. The van der Waals surface area contributed by atoms with Gasteiger partial charge in [-0.15, -0.1) is 0 Å². The van der Waals surface area contributed by atoms with Gasteiger partial charge in [-0.3, -0.25) is 4.79 Å². The highest BCUT2D eigenvalue weighted by molar-refractivity contribution is 6.30. The number of carbonyl (C=O) groups is 2. The van der Waals surface area contributed by atoms with Crippen molar-refractivity contribution < 1.29 is 9.59 Å². The van der Waals surface area contributed by atoms with Gasteiger partial charge in [-0.2, -0.15) is 0 Å². The highest BCUT2D eigenvalue weighted by Gasteiger charge is 2.21. The van der Waals surface area contributed by atoms with E-state index in [2.05, 4.69) is 10.6 Å². The third-order valence-corrected chi connectivity index (χ3v) is 4.71.